The fourth-order valence-electron chi connectivity index (χ4n) is 1.64. The molecule has 6 nitrogen and oxygen atoms in total. The predicted octanol–water partition coefficient (Wildman–Crippen LogP) is 1.15. The lowest BCUT2D eigenvalue weighted by atomic mass is 10.1. The molecule has 1 aromatic carbocycles. The number of oxime groups is 1. The standard InChI is InChI=1S/C13H19N3O3/c1-9(12(14)15-18)8-16(2)13(17)10-4-6-11(19-3)7-5-10/h4-7,9,18H,8H2,1-3H3,(H2,14,15). The summed E-state index contributed by atoms with van der Waals surface area (Å²) in [5.74, 6) is 0.469. The van der Waals surface area contributed by atoms with Crippen molar-refractivity contribution in [1.29, 1.82) is 0 Å². The summed E-state index contributed by atoms with van der Waals surface area (Å²) >= 11 is 0. The van der Waals surface area contributed by atoms with E-state index < -0.39 is 0 Å². The van der Waals surface area contributed by atoms with Gasteiger partial charge in [0.2, 0.25) is 0 Å². The van der Waals surface area contributed by atoms with E-state index in [-0.39, 0.29) is 17.7 Å². The minimum Gasteiger partial charge on any atom is -0.497 e. The Morgan fingerprint density at radius 1 is 1.47 bits per heavy atom. The van der Waals surface area contributed by atoms with Crippen LogP contribution in [0.2, 0.25) is 0 Å². The second-order valence-corrected chi connectivity index (χ2v) is 4.34. The summed E-state index contributed by atoms with van der Waals surface area (Å²) in [4.78, 5) is 13.7. The number of carbonyl (C=O) groups is 1. The van der Waals surface area contributed by atoms with Crippen LogP contribution in [0, 0.1) is 5.92 Å². The van der Waals surface area contributed by atoms with Crippen LogP contribution in [0.15, 0.2) is 29.4 Å². The molecule has 6 heteroatoms. The van der Waals surface area contributed by atoms with Crippen LogP contribution in [-0.2, 0) is 0 Å². The molecule has 1 rings (SSSR count). The Balaban J connectivity index is 2.70. The maximum Gasteiger partial charge on any atom is 0.253 e. The highest BCUT2D eigenvalue weighted by Gasteiger charge is 2.16. The Hall–Kier alpha value is -2.24. The molecule has 1 amide bonds. The van der Waals surface area contributed by atoms with Gasteiger partial charge in [0.25, 0.3) is 5.91 Å². The number of rotatable bonds is 5. The van der Waals surface area contributed by atoms with E-state index in [1.807, 2.05) is 0 Å². The summed E-state index contributed by atoms with van der Waals surface area (Å²) in [6.45, 7) is 2.16. The predicted molar refractivity (Wildman–Crippen MR) is 72.5 cm³/mol. The van der Waals surface area contributed by atoms with Crippen molar-refractivity contribution in [1.82, 2.24) is 4.90 Å². The zero-order chi connectivity index (χ0) is 14.4. The van der Waals surface area contributed by atoms with Crippen molar-refractivity contribution in [2.75, 3.05) is 20.7 Å². The van der Waals surface area contributed by atoms with Gasteiger partial charge in [0.15, 0.2) is 0 Å². The van der Waals surface area contributed by atoms with Crippen LogP contribution in [-0.4, -0.2) is 42.6 Å². The van der Waals surface area contributed by atoms with Gasteiger partial charge in [-0.2, -0.15) is 0 Å². The first-order valence-electron chi connectivity index (χ1n) is 5.86. The van der Waals surface area contributed by atoms with Gasteiger partial charge in [0, 0.05) is 25.1 Å². The van der Waals surface area contributed by atoms with Crippen molar-refractivity contribution in [3.05, 3.63) is 29.8 Å². The molecule has 0 heterocycles. The highest BCUT2D eigenvalue weighted by molar-refractivity contribution is 5.94. The van der Waals surface area contributed by atoms with Crippen LogP contribution in [0.1, 0.15) is 17.3 Å². The molecule has 1 unspecified atom stereocenters. The highest BCUT2D eigenvalue weighted by atomic mass is 16.5. The van der Waals surface area contributed by atoms with Crippen LogP contribution in [0.3, 0.4) is 0 Å². The summed E-state index contributed by atoms with van der Waals surface area (Å²) in [5, 5.41) is 11.5. The molecule has 104 valence electrons. The van der Waals surface area contributed by atoms with Gasteiger partial charge in [0.05, 0.1) is 7.11 Å². The number of hydrogen-bond donors (Lipinski definition) is 2. The lowest BCUT2D eigenvalue weighted by Gasteiger charge is -2.21. The number of ether oxygens (including phenoxy) is 1. The van der Waals surface area contributed by atoms with Gasteiger partial charge in [0.1, 0.15) is 11.6 Å². The molecule has 19 heavy (non-hydrogen) atoms. The van der Waals surface area contributed by atoms with Gasteiger partial charge in [-0.3, -0.25) is 4.79 Å². The Labute approximate surface area is 112 Å². The Kier molecular flexibility index (Phi) is 5.17. The lowest BCUT2D eigenvalue weighted by Crippen LogP contribution is -2.36. The van der Waals surface area contributed by atoms with E-state index in [9.17, 15) is 4.79 Å². The molecule has 0 saturated heterocycles. The monoisotopic (exact) mass is 265 g/mol. The largest absolute Gasteiger partial charge is 0.497 e. The molecule has 0 fully saturated rings. The zero-order valence-electron chi connectivity index (χ0n) is 11.3. The summed E-state index contributed by atoms with van der Waals surface area (Å²) in [6, 6.07) is 6.86. The van der Waals surface area contributed by atoms with E-state index in [4.69, 9.17) is 15.7 Å². The normalized spacial score (nSPS) is 12.9. The number of nitrogens with zero attached hydrogens (tertiary/aromatic N) is 2. The van der Waals surface area contributed by atoms with E-state index in [1.54, 1.807) is 45.3 Å². The minimum atomic E-state index is -0.211. The molecule has 0 aromatic heterocycles. The van der Waals surface area contributed by atoms with Crippen molar-refractivity contribution in [2.45, 2.75) is 6.92 Å². The maximum absolute atomic E-state index is 12.1. The first-order valence-corrected chi connectivity index (χ1v) is 5.86. The van der Waals surface area contributed by atoms with Crippen LogP contribution in [0.25, 0.3) is 0 Å². The summed E-state index contributed by atoms with van der Waals surface area (Å²) in [6.07, 6.45) is 0. The Bertz CT molecular complexity index is 457. The van der Waals surface area contributed by atoms with Crippen LogP contribution >= 0.6 is 0 Å². The van der Waals surface area contributed by atoms with E-state index in [0.717, 1.165) is 0 Å². The molecule has 0 bridgehead atoms. The van der Waals surface area contributed by atoms with Crippen molar-refractivity contribution in [3.63, 3.8) is 0 Å². The third-order valence-electron chi connectivity index (χ3n) is 2.85. The van der Waals surface area contributed by atoms with Gasteiger partial charge >= 0.3 is 0 Å². The van der Waals surface area contributed by atoms with E-state index in [1.165, 1.54) is 4.90 Å². The van der Waals surface area contributed by atoms with Gasteiger partial charge in [-0.05, 0) is 24.3 Å². The summed E-state index contributed by atoms with van der Waals surface area (Å²) < 4.78 is 5.04. The van der Waals surface area contributed by atoms with Crippen LogP contribution in [0.5, 0.6) is 5.75 Å². The molecule has 0 spiro atoms. The number of amidine groups is 1. The topological polar surface area (TPSA) is 88.2 Å². The first kappa shape index (κ1) is 14.8. The maximum atomic E-state index is 12.1. The number of hydrogen-bond acceptors (Lipinski definition) is 4. The summed E-state index contributed by atoms with van der Waals surface area (Å²) in [7, 11) is 3.25. The molecular formula is C13H19N3O3. The summed E-state index contributed by atoms with van der Waals surface area (Å²) in [5.41, 5.74) is 6.05. The smallest absolute Gasteiger partial charge is 0.253 e. The van der Waals surface area contributed by atoms with Crippen LogP contribution in [0.4, 0.5) is 0 Å². The molecule has 0 radical (unpaired) electrons. The number of carbonyl (C=O) groups excluding carboxylic acids is 1. The molecule has 1 atom stereocenters. The molecule has 1 aromatic rings. The number of methoxy groups -OCH3 is 1. The van der Waals surface area contributed by atoms with Gasteiger partial charge in [-0.15, -0.1) is 0 Å². The Morgan fingerprint density at radius 3 is 2.53 bits per heavy atom. The van der Waals surface area contributed by atoms with Crippen molar-refractivity contribution >= 4 is 11.7 Å². The molecule has 0 aliphatic carbocycles. The lowest BCUT2D eigenvalue weighted by molar-refractivity contribution is 0.0786. The third-order valence-corrected chi connectivity index (χ3v) is 2.85. The van der Waals surface area contributed by atoms with Gasteiger partial charge < -0.3 is 20.6 Å². The fraction of sp³-hybridized carbons (Fsp3) is 0.385. The third kappa shape index (κ3) is 3.87. The number of nitrogens with two attached hydrogens (primary N) is 1. The average Bonchev–Trinajstić information content (AvgIpc) is 2.45. The van der Waals surface area contributed by atoms with Crippen molar-refractivity contribution < 1.29 is 14.7 Å². The van der Waals surface area contributed by atoms with E-state index in [2.05, 4.69) is 5.16 Å². The number of amides is 1. The zero-order valence-corrected chi connectivity index (χ0v) is 11.3. The SMILES string of the molecule is COc1ccc(C(=O)N(C)CC(C)/C(N)=N/O)cc1. The quantitative estimate of drug-likeness (QED) is 0.362. The second kappa shape index (κ2) is 6.63. The van der Waals surface area contributed by atoms with Crippen molar-refractivity contribution in [3.8, 4) is 5.75 Å². The molecule has 0 aliphatic rings. The molecule has 0 saturated carbocycles. The second-order valence-electron chi connectivity index (χ2n) is 4.34. The molecular weight excluding hydrogens is 246 g/mol. The Morgan fingerprint density at radius 2 is 2.05 bits per heavy atom. The van der Waals surface area contributed by atoms with E-state index in [0.29, 0.717) is 17.9 Å². The molecule has 0 aliphatic heterocycles. The fourth-order valence-corrected chi connectivity index (χ4v) is 1.64. The minimum absolute atomic E-state index is 0.106. The van der Waals surface area contributed by atoms with Crippen molar-refractivity contribution in [2.24, 2.45) is 16.8 Å². The van der Waals surface area contributed by atoms with Gasteiger partial charge in [-0.25, -0.2) is 0 Å². The average molecular weight is 265 g/mol. The molecule has 3 N–H and O–H groups in total. The highest BCUT2D eigenvalue weighted by Crippen LogP contribution is 2.13. The first-order chi connectivity index (χ1) is 8.99. The van der Waals surface area contributed by atoms with Crippen LogP contribution < -0.4 is 10.5 Å². The van der Waals surface area contributed by atoms with E-state index >= 15 is 0 Å². The van der Waals surface area contributed by atoms with Gasteiger partial charge in [-0.1, -0.05) is 12.1 Å². The number of benzene rings is 1.